The van der Waals surface area contributed by atoms with E-state index in [1.54, 1.807) is 36.4 Å². The Kier molecular flexibility index (Phi) is 5.68. The molecule has 1 fully saturated rings. The molecule has 1 atom stereocenters. The minimum Gasteiger partial charge on any atom is -0.335 e. The van der Waals surface area contributed by atoms with Crippen LogP contribution in [0.2, 0.25) is 0 Å². The van der Waals surface area contributed by atoms with Crippen LogP contribution in [0.25, 0.3) is 0 Å². The Morgan fingerprint density at radius 3 is 2.69 bits per heavy atom. The molecule has 3 rings (SSSR count). The Morgan fingerprint density at radius 2 is 2.00 bits per heavy atom. The maximum Gasteiger partial charge on any atom is 0.247 e. The fraction of sp³-hybridized carbons (Fsp3) is 0.211. The first-order valence-electron chi connectivity index (χ1n) is 8.24. The Bertz CT molecular complexity index is 842. The Labute approximate surface area is 155 Å². The second-order valence-corrected chi connectivity index (χ2v) is 6.82. The van der Waals surface area contributed by atoms with Crippen LogP contribution in [0.15, 0.2) is 59.6 Å². The Hall–Kier alpha value is -2.67. The summed E-state index contributed by atoms with van der Waals surface area (Å²) in [5.74, 6) is -0.866. The van der Waals surface area contributed by atoms with E-state index in [9.17, 15) is 14.0 Å². The number of imide groups is 1. The number of halogens is 1. The van der Waals surface area contributed by atoms with Crippen molar-refractivity contribution in [1.82, 2.24) is 0 Å². The lowest BCUT2D eigenvalue weighted by atomic mass is 10.3. The smallest absolute Gasteiger partial charge is 0.247 e. The van der Waals surface area contributed by atoms with E-state index in [2.05, 4.69) is 10.3 Å². The molecule has 1 saturated heterocycles. The van der Waals surface area contributed by atoms with Crippen molar-refractivity contribution in [3.8, 4) is 0 Å². The highest BCUT2D eigenvalue weighted by molar-refractivity contribution is 8.15. The van der Waals surface area contributed by atoms with Crippen molar-refractivity contribution in [3.05, 3.63) is 60.4 Å². The number of nitrogens with one attached hydrogen (secondary N) is 1. The Balaban J connectivity index is 1.75. The van der Waals surface area contributed by atoms with Crippen molar-refractivity contribution in [2.75, 3.05) is 16.8 Å². The summed E-state index contributed by atoms with van der Waals surface area (Å²) in [7, 11) is 0. The van der Waals surface area contributed by atoms with Crippen LogP contribution >= 0.6 is 11.8 Å². The highest BCUT2D eigenvalue weighted by Crippen LogP contribution is 2.30. The number of aliphatic imine (C=N–C) groups is 1. The van der Waals surface area contributed by atoms with Gasteiger partial charge in [0.1, 0.15) is 11.1 Å². The zero-order valence-electron chi connectivity index (χ0n) is 14.2. The van der Waals surface area contributed by atoms with Gasteiger partial charge in [0.2, 0.25) is 11.8 Å². The molecule has 0 saturated carbocycles. The van der Waals surface area contributed by atoms with Gasteiger partial charge in [0, 0.05) is 18.7 Å². The van der Waals surface area contributed by atoms with Crippen LogP contribution in [-0.4, -0.2) is 28.8 Å². The maximum atomic E-state index is 13.4. The van der Waals surface area contributed by atoms with Crippen LogP contribution in [0.4, 0.5) is 15.8 Å². The quantitative estimate of drug-likeness (QED) is 0.506. The number of rotatable bonds is 4. The van der Waals surface area contributed by atoms with E-state index in [1.165, 1.54) is 28.8 Å². The lowest BCUT2D eigenvalue weighted by molar-refractivity contribution is -0.121. The van der Waals surface area contributed by atoms with Gasteiger partial charge in [0.05, 0.1) is 5.69 Å². The van der Waals surface area contributed by atoms with Crippen LogP contribution in [0.1, 0.15) is 13.3 Å². The predicted molar refractivity (Wildman–Crippen MR) is 103 cm³/mol. The van der Waals surface area contributed by atoms with Gasteiger partial charge in [-0.1, -0.05) is 36.0 Å². The third-order valence-corrected chi connectivity index (χ3v) is 4.86. The number of hydrogen-bond acceptors (Lipinski definition) is 4. The molecule has 5 nitrogen and oxygen atoms in total. The third-order valence-electron chi connectivity index (χ3n) is 3.75. The van der Waals surface area contributed by atoms with E-state index in [-0.39, 0.29) is 24.1 Å². The van der Waals surface area contributed by atoms with Crippen molar-refractivity contribution in [1.29, 1.82) is 0 Å². The number of thioether (sulfide) groups is 1. The number of para-hydroxylation sites is 1. The van der Waals surface area contributed by atoms with Gasteiger partial charge in [-0.05, 0) is 37.3 Å². The largest absolute Gasteiger partial charge is 0.335 e. The fourth-order valence-corrected chi connectivity index (χ4v) is 3.70. The van der Waals surface area contributed by atoms with E-state index in [4.69, 9.17) is 0 Å². The van der Waals surface area contributed by atoms with Gasteiger partial charge in [0.15, 0.2) is 5.17 Å². The molecule has 1 aliphatic rings. The summed E-state index contributed by atoms with van der Waals surface area (Å²) in [4.78, 5) is 30.6. The molecule has 2 amide bonds. The van der Waals surface area contributed by atoms with Crippen molar-refractivity contribution in [3.63, 3.8) is 0 Å². The van der Waals surface area contributed by atoms with Gasteiger partial charge in [-0.3, -0.25) is 14.6 Å². The third kappa shape index (κ3) is 4.11. The highest BCUT2D eigenvalue weighted by Gasteiger charge is 2.40. The van der Waals surface area contributed by atoms with E-state index >= 15 is 0 Å². The molecule has 2 aromatic carbocycles. The average molecular weight is 371 g/mol. The van der Waals surface area contributed by atoms with Gasteiger partial charge in [-0.2, -0.15) is 0 Å². The molecule has 26 heavy (non-hydrogen) atoms. The van der Waals surface area contributed by atoms with Crippen LogP contribution in [0.5, 0.6) is 0 Å². The van der Waals surface area contributed by atoms with Gasteiger partial charge in [-0.25, -0.2) is 9.29 Å². The molecular weight excluding hydrogens is 353 g/mol. The number of nitrogens with zero attached hydrogens (tertiary/aromatic N) is 2. The SMILES string of the molecule is CCN=C(Nc1cccc(F)c1)S[C@H]1CC(=O)N(c2ccccc2)C1=O. The second kappa shape index (κ2) is 8.14. The maximum absolute atomic E-state index is 13.4. The normalized spacial score (nSPS) is 17.7. The summed E-state index contributed by atoms with van der Waals surface area (Å²) in [6.45, 7) is 2.37. The van der Waals surface area contributed by atoms with Gasteiger partial charge in [-0.15, -0.1) is 0 Å². The van der Waals surface area contributed by atoms with Crippen molar-refractivity contribution < 1.29 is 14.0 Å². The number of amidine groups is 1. The van der Waals surface area contributed by atoms with Gasteiger partial charge < -0.3 is 5.32 Å². The van der Waals surface area contributed by atoms with Crippen LogP contribution in [-0.2, 0) is 9.59 Å². The number of carbonyl (C=O) groups is 2. The first kappa shape index (κ1) is 18.1. The summed E-state index contributed by atoms with van der Waals surface area (Å²) in [5.41, 5.74) is 1.11. The molecule has 0 aliphatic carbocycles. The molecule has 0 aromatic heterocycles. The first-order valence-corrected chi connectivity index (χ1v) is 9.12. The monoisotopic (exact) mass is 371 g/mol. The molecule has 1 N–H and O–H groups in total. The molecular formula is C19H18FN3O2S. The van der Waals surface area contributed by atoms with Gasteiger partial charge in [0.25, 0.3) is 0 Å². The standard InChI is InChI=1S/C19H18FN3O2S/c1-2-21-19(22-14-8-6-7-13(20)11-14)26-16-12-17(24)23(18(16)25)15-9-4-3-5-10-15/h3-11,16H,2,12H2,1H3,(H,21,22)/t16-/m0/s1. The summed E-state index contributed by atoms with van der Waals surface area (Å²) >= 11 is 1.19. The molecule has 0 spiro atoms. The molecule has 0 bridgehead atoms. The number of benzene rings is 2. The lowest BCUT2D eigenvalue weighted by Crippen LogP contribution is -2.31. The number of anilines is 2. The summed E-state index contributed by atoms with van der Waals surface area (Å²) < 4.78 is 13.4. The molecule has 1 heterocycles. The van der Waals surface area contributed by atoms with Crippen molar-refractivity contribution in [2.24, 2.45) is 4.99 Å². The van der Waals surface area contributed by atoms with Crippen LogP contribution < -0.4 is 10.2 Å². The number of amides is 2. The second-order valence-electron chi connectivity index (χ2n) is 5.63. The number of hydrogen-bond donors (Lipinski definition) is 1. The summed E-state index contributed by atoms with van der Waals surface area (Å²) in [5, 5.41) is 2.95. The lowest BCUT2D eigenvalue weighted by Gasteiger charge is -2.15. The van der Waals surface area contributed by atoms with E-state index in [1.807, 2.05) is 13.0 Å². The summed E-state index contributed by atoms with van der Waals surface area (Å²) in [6, 6.07) is 14.9. The molecule has 0 unspecified atom stereocenters. The molecule has 2 aromatic rings. The van der Waals surface area contributed by atoms with E-state index in [0.29, 0.717) is 23.1 Å². The van der Waals surface area contributed by atoms with Crippen LogP contribution in [0, 0.1) is 5.82 Å². The molecule has 0 radical (unpaired) electrons. The first-order chi connectivity index (χ1) is 12.6. The zero-order valence-corrected chi connectivity index (χ0v) is 15.0. The number of carbonyl (C=O) groups excluding carboxylic acids is 2. The van der Waals surface area contributed by atoms with Crippen molar-refractivity contribution in [2.45, 2.75) is 18.6 Å². The van der Waals surface area contributed by atoms with Crippen molar-refractivity contribution >= 4 is 40.1 Å². The predicted octanol–water partition coefficient (Wildman–Crippen LogP) is 3.68. The molecule has 1 aliphatic heterocycles. The minimum atomic E-state index is -0.561. The van der Waals surface area contributed by atoms with Gasteiger partial charge >= 0.3 is 0 Å². The topological polar surface area (TPSA) is 61.8 Å². The summed E-state index contributed by atoms with van der Waals surface area (Å²) in [6.07, 6.45) is 0.103. The van der Waals surface area contributed by atoms with E-state index < -0.39 is 5.25 Å². The zero-order chi connectivity index (χ0) is 18.5. The Morgan fingerprint density at radius 1 is 1.23 bits per heavy atom. The minimum absolute atomic E-state index is 0.103. The molecule has 134 valence electrons. The van der Waals surface area contributed by atoms with Crippen LogP contribution in [0.3, 0.4) is 0 Å². The average Bonchev–Trinajstić information content (AvgIpc) is 2.89. The fourth-order valence-electron chi connectivity index (χ4n) is 2.62. The highest BCUT2D eigenvalue weighted by atomic mass is 32.2. The molecule has 7 heteroatoms. The van der Waals surface area contributed by atoms with E-state index in [0.717, 1.165) is 0 Å².